The van der Waals surface area contributed by atoms with E-state index in [0.29, 0.717) is 38.0 Å². The second-order valence-electron chi connectivity index (χ2n) is 3.70. The highest BCUT2D eigenvalue weighted by atomic mass is 32.2. The molecule has 0 aliphatic rings. The first-order valence-corrected chi connectivity index (χ1v) is 9.63. The van der Waals surface area contributed by atoms with Crippen molar-refractivity contribution >= 4 is 25.7 Å². The van der Waals surface area contributed by atoms with Gasteiger partial charge in [-0.05, 0) is 27.2 Å². The zero-order valence-corrected chi connectivity index (χ0v) is 13.8. The zero-order valence-electron chi connectivity index (χ0n) is 12.0. The normalized spacial score (nSPS) is 11.8. The average molecular weight is 294 g/mol. The Morgan fingerprint density at radius 2 is 1.50 bits per heavy atom. The van der Waals surface area contributed by atoms with Gasteiger partial charge in [0.05, 0.1) is 0 Å². The topological polar surface area (TPSA) is 44.8 Å². The SMILES string of the molecule is CCCC(=O)SCC[Si](OCC)(OCC)OCC. The Morgan fingerprint density at radius 3 is 1.89 bits per heavy atom. The molecule has 0 saturated heterocycles. The van der Waals surface area contributed by atoms with E-state index in [1.165, 1.54) is 11.8 Å². The largest absolute Gasteiger partial charge is 0.501 e. The molecule has 6 heteroatoms. The van der Waals surface area contributed by atoms with Crippen LogP contribution in [0.25, 0.3) is 0 Å². The summed E-state index contributed by atoms with van der Waals surface area (Å²) in [7, 11) is -2.56. The number of carbonyl (C=O) groups excluding carboxylic acids is 1. The predicted molar refractivity (Wildman–Crippen MR) is 77.8 cm³/mol. The lowest BCUT2D eigenvalue weighted by Gasteiger charge is -2.28. The molecule has 0 heterocycles. The van der Waals surface area contributed by atoms with Crippen LogP contribution >= 0.6 is 11.8 Å². The zero-order chi connectivity index (χ0) is 13.9. The lowest BCUT2D eigenvalue weighted by atomic mass is 10.4. The van der Waals surface area contributed by atoms with Crippen molar-refractivity contribution in [3.63, 3.8) is 0 Å². The number of thioether (sulfide) groups is 1. The standard InChI is InChI=1S/C12H26O4SSi/c1-5-9-12(13)17-10-11-18(14-6-2,15-7-3)16-8-4/h5-11H2,1-4H3. The van der Waals surface area contributed by atoms with Crippen LogP contribution in [0.1, 0.15) is 40.5 Å². The van der Waals surface area contributed by atoms with Crippen molar-refractivity contribution in [3.8, 4) is 0 Å². The van der Waals surface area contributed by atoms with Gasteiger partial charge in [-0.15, -0.1) is 0 Å². The van der Waals surface area contributed by atoms with Crippen LogP contribution in [0.3, 0.4) is 0 Å². The maximum atomic E-state index is 11.5. The van der Waals surface area contributed by atoms with Gasteiger partial charge in [-0.2, -0.15) is 0 Å². The van der Waals surface area contributed by atoms with Crippen molar-refractivity contribution in [2.75, 3.05) is 25.6 Å². The summed E-state index contributed by atoms with van der Waals surface area (Å²) in [6, 6.07) is 0.697. The molecular weight excluding hydrogens is 268 g/mol. The second kappa shape index (κ2) is 11.0. The summed E-state index contributed by atoms with van der Waals surface area (Å²) in [5.41, 5.74) is 0. The lowest BCUT2D eigenvalue weighted by molar-refractivity contribution is -0.111. The van der Waals surface area contributed by atoms with E-state index in [2.05, 4.69) is 0 Å². The molecule has 0 aromatic carbocycles. The number of hydrogen-bond acceptors (Lipinski definition) is 5. The molecule has 0 rings (SSSR count). The monoisotopic (exact) mass is 294 g/mol. The van der Waals surface area contributed by atoms with E-state index < -0.39 is 8.80 Å². The van der Waals surface area contributed by atoms with Crippen molar-refractivity contribution in [2.24, 2.45) is 0 Å². The summed E-state index contributed by atoms with van der Waals surface area (Å²) in [4.78, 5) is 11.5. The molecule has 108 valence electrons. The highest BCUT2D eigenvalue weighted by molar-refractivity contribution is 8.13. The number of rotatable bonds is 11. The molecule has 0 N–H and O–H groups in total. The van der Waals surface area contributed by atoms with Crippen LogP contribution in [0.2, 0.25) is 6.04 Å². The smallest absolute Gasteiger partial charge is 0.374 e. The molecule has 0 amide bonds. The second-order valence-corrected chi connectivity index (χ2v) is 7.59. The van der Waals surface area contributed by atoms with Gasteiger partial charge in [0.15, 0.2) is 5.12 Å². The molecule has 0 fully saturated rings. The van der Waals surface area contributed by atoms with Crippen molar-refractivity contribution in [2.45, 2.75) is 46.6 Å². The first kappa shape index (κ1) is 18.1. The van der Waals surface area contributed by atoms with Crippen LogP contribution < -0.4 is 0 Å². The van der Waals surface area contributed by atoms with E-state index in [0.717, 1.165) is 6.42 Å². The van der Waals surface area contributed by atoms with Crippen molar-refractivity contribution in [3.05, 3.63) is 0 Å². The molecule has 0 aliphatic heterocycles. The minimum atomic E-state index is -2.56. The van der Waals surface area contributed by atoms with Crippen molar-refractivity contribution < 1.29 is 18.1 Å². The fourth-order valence-corrected chi connectivity index (χ4v) is 5.55. The average Bonchev–Trinajstić information content (AvgIpc) is 2.30. The van der Waals surface area contributed by atoms with Crippen LogP contribution in [-0.2, 0) is 18.1 Å². The van der Waals surface area contributed by atoms with E-state index in [4.69, 9.17) is 13.3 Å². The first-order chi connectivity index (χ1) is 8.64. The molecule has 0 aliphatic carbocycles. The van der Waals surface area contributed by atoms with E-state index in [1.54, 1.807) is 0 Å². The minimum absolute atomic E-state index is 0.241. The molecule has 0 unspecified atom stereocenters. The van der Waals surface area contributed by atoms with E-state index in [1.807, 2.05) is 27.7 Å². The third-order valence-electron chi connectivity index (χ3n) is 2.22. The van der Waals surface area contributed by atoms with Gasteiger partial charge in [0.2, 0.25) is 0 Å². The van der Waals surface area contributed by atoms with Crippen LogP contribution in [-0.4, -0.2) is 39.5 Å². The van der Waals surface area contributed by atoms with Gasteiger partial charge < -0.3 is 13.3 Å². The molecular formula is C12H26O4SSi. The summed E-state index contributed by atoms with van der Waals surface area (Å²) >= 11 is 1.36. The summed E-state index contributed by atoms with van der Waals surface area (Å²) in [6.45, 7) is 9.58. The first-order valence-electron chi connectivity index (χ1n) is 6.71. The van der Waals surface area contributed by atoms with Gasteiger partial charge in [-0.3, -0.25) is 4.79 Å². The van der Waals surface area contributed by atoms with E-state index >= 15 is 0 Å². The minimum Gasteiger partial charge on any atom is -0.374 e. The summed E-state index contributed by atoms with van der Waals surface area (Å²) in [6.07, 6.45) is 1.54. The third kappa shape index (κ3) is 7.53. The van der Waals surface area contributed by atoms with Gasteiger partial charge >= 0.3 is 8.80 Å². The van der Waals surface area contributed by atoms with Crippen molar-refractivity contribution in [1.29, 1.82) is 0 Å². The third-order valence-corrected chi connectivity index (χ3v) is 6.56. The Bertz CT molecular complexity index is 209. The van der Waals surface area contributed by atoms with Gasteiger partial charge in [0, 0.05) is 38.0 Å². The maximum absolute atomic E-state index is 11.5. The van der Waals surface area contributed by atoms with Crippen LogP contribution in [0.5, 0.6) is 0 Å². The number of hydrogen-bond donors (Lipinski definition) is 0. The van der Waals surface area contributed by atoms with Gasteiger partial charge in [-0.25, -0.2) is 0 Å². The molecule has 0 atom stereocenters. The fourth-order valence-electron chi connectivity index (χ4n) is 1.57. The van der Waals surface area contributed by atoms with Gasteiger partial charge in [-0.1, -0.05) is 18.7 Å². The Kier molecular flexibility index (Phi) is 11.1. The molecule has 0 spiro atoms. The van der Waals surface area contributed by atoms with E-state index in [-0.39, 0.29) is 5.12 Å². The molecule has 0 radical (unpaired) electrons. The molecule has 4 nitrogen and oxygen atoms in total. The summed E-state index contributed by atoms with van der Waals surface area (Å²) in [5, 5.41) is 0.241. The number of carbonyl (C=O) groups is 1. The van der Waals surface area contributed by atoms with Crippen molar-refractivity contribution in [1.82, 2.24) is 0 Å². The Labute approximate surface area is 116 Å². The molecule has 0 saturated carbocycles. The van der Waals surface area contributed by atoms with Crippen LogP contribution in [0, 0.1) is 0 Å². The molecule has 0 aromatic heterocycles. The van der Waals surface area contributed by atoms with Crippen LogP contribution in [0.4, 0.5) is 0 Å². The highest BCUT2D eigenvalue weighted by Gasteiger charge is 2.39. The van der Waals surface area contributed by atoms with Crippen LogP contribution in [0.15, 0.2) is 0 Å². The summed E-state index contributed by atoms with van der Waals surface area (Å²) < 4.78 is 17.2. The molecule has 0 bridgehead atoms. The summed E-state index contributed by atoms with van der Waals surface area (Å²) in [5.74, 6) is 0.713. The fraction of sp³-hybridized carbons (Fsp3) is 0.917. The Hall–Kier alpha value is 0.117. The van der Waals surface area contributed by atoms with Gasteiger partial charge in [0.1, 0.15) is 0 Å². The Morgan fingerprint density at radius 1 is 1.00 bits per heavy atom. The quantitative estimate of drug-likeness (QED) is 0.548. The lowest BCUT2D eigenvalue weighted by Crippen LogP contribution is -2.46. The predicted octanol–water partition coefficient (Wildman–Crippen LogP) is 3.09. The Balaban J connectivity index is 4.24. The highest BCUT2D eigenvalue weighted by Crippen LogP contribution is 2.20. The molecule has 18 heavy (non-hydrogen) atoms. The maximum Gasteiger partial charge on any atom is 0.501 e. The molecule has 0 aromatic rings. The van der Waals surface area contributed by atoms with E-state index in [9.17, 15) is 4.79 Å². The van der Waals surface area contributed by atoms with Gasteiger partial charge in [0.25, 0.3) is 0 Å².